The van der Waals surface area contributed by atoms with Gasteiger partial charge in [0.1, 0.15) is 6.67 Å². The predicted molar refractivity (Wildman–Crippen MR) is 53.3 cm³/mol. The molecular formula is C10H14FNO3. The zero-order valence-electron chi connectivity index (χ0n) is 8.75. The third-order valence-corrected chi connectivity index (χ3v) is 2.01. The Balaban J connectivity index is 3.19. The van der Waals surface area contributed by atoms with E-state index in [9.17, 15) is 4.39 Å². The summed E-state index contributed by atoms with van der Waals surface area (Å²) < 4.78 is 22.7. The van der Waals surface area contributed by atoms with E-state index in [2.05, 4.69) is 4.84 Å². The van der Waals surface area contributed by atoms with Gasteiger partial charge in [0, 0.05) is 5.56 Å². The number of nitrogens with two attached hydrogens (primary N) is 1. The first-order valence-corrected chi connectivity index (χ1v) is 4.38. The van der Waals surface area contributed by atoms with Crippen LogP contribution in [0, 0.1) is 0 Å². The lowest BCUT2D eigenvalue weighted by atomic mass is 10.1. The van der Waals surface area contributed by atoms with Crippen molar-refractivity contribution < 1.29 is 18.7 Å². The SMILES string of the molecule is COc1cc(CF)cc(CON)c1OC. The minimum Gasteiger partial charge on any atom is -0.493 e. The Hall–Kier alpha value is -1.33. The lowest BCUT2D eigenvalue weighted by molar-refractivity contribution is 0.121. The molecule has 1 aromatic carbocycles. The van der Waals surface area contributed by atoms with E-state index in [1.54, 1.807) is 12.1 Å². The first-order chi connectivity index (χ1) is 7.26. The molecule has 5 heteroatoms. The largest absolute Gasteiger partial charge is 0.493 e. The van der Waals surface area contributed by atoms with Crippen LogP contribution in [0.15, 0.2) is 12.1 Å². The lowest BCUT2D eigenvalue weighted by Crippen LogP contribution is -2.03. The summed E-state index contributed by atoms with van der Waals surface area (Å²) >= 11 is 0. The Morgan fingerprint density at radius 3 is 2.47 bits per heavy atom. The molecule has 2 N–H and O–H groups in total. The molecule has 0 bridgehead atoms. The topological polar surface area (TPSA) is 53.7 Å². The van der Waals surface area contributed by atoms with Gasteiger partial charge < -0.3 is 9.47 Å². The number of methoxy groups -OCH3 is 2. The van der Waals surface area contributed by atoms with Crippen LogP contribution < -0.4 is 15.4 Å². The van der Waals surface area contributed by atoms with Crippen molar-refractivity contribution in [2.24, 2.45) is 5.90 Å². The van der Waals surface area contributed by atoms with E-state index in [1.807, 2.05) is 0 Å². The van der Waals surface area contributed by atoms with Crippen LogP contribution in [-0.2, 0) is 18.1 Å². The molecule has 0 aromatic heterocycles. The monoisotopic (exact) mass is 215 g/mol. The first kappa shape index (κ1) is 11.7. The van der Waals surface area contributed by atoms with Crippen molar-refractivity contribution in [1.82, 2.24) is 0 Å². The molecular weight excluding hydrogens is 201 g/mol. The molecule has 0 radical (unpaired) electrons. The molecule has 0 heterocycles. The van der Waals surface area contributed by atoms with Crippen molar-refractivity contribution in [2.75, 3.05) is 14.2 Å². The molecule has 0 saturated carbocycles. The molecule has 0 atom stereocenters. The van der Waals surface area contributed by atoms with Crippen LogP contribution in [0.25, 0.3) is 0 Å². The summed E-state index contributed by atoms with van der Waals surface area (Å²) in [6, 6.07) is 3.22. The zero-order chi connectivity index (χ0) is 11.3. The van der Waals surface area contributed by atoms with Crippen LogP contribution in [0.2, 0.25) is 0 Å². The Morgan fingerprint density at radius 2 is 2.00 bits per heavy atom. The maximum atomic E-state index is 12.5. The van der Waals surface area contributed by atoms with Gasteiger partial charge in [0.05, 0.1) is 20.8 Å². The van der Waals surface area contributed by atoms with Gasteiger partial charge in [0.15, 0.2) is 11.5 Å². The molecule has 0 spiro atoms. The average molecular weight is 215 g/mol. The normalized spacial score (nSPS) is 10.1. The Bertz CT molecular complexity index is 331. The standard InChI is InChI=1S/C10H14FNO3/c1-13-9-4-7(5-11)3-8(6-15-12)10(9)14-2/h3-4H,5-6,12H2,1-2H3. The summed E-state index contributed by atoms with van der Waals surface area (Å²) in [6.45, 7) is -0.425. The predicted octanol–water partition coefficient (Wildman–Crippen LogP) is 1.56. The van der Waals surface area contributed by atoms with E-state index >= 15 is 0 Å². The number of benzene rings is 1. The van der Waals surface area contributed by atoms with Gasteiger partial charge in [-0.05, 0) is 17.7 Å². The highest BCUT2D eigenvalue weighted by Gasteiger charge is 2.12. The molecule has 1 rings (SSSR count). The van der Waals surface area contributed by atoms with Crippen molar-refractivity contribution in [3.8, 4) is 11.5 Å². The van der Waals surface area contributed by atoms with Gasteiger partial charge >= 0.3 is 0 Å². The van der Waals surface area contributed by atoms with E-state index in [-0.39, 0.29) is 6.61 Å². The van der Waals surface area contributed by atoms with Gasteiger partial charge in [0.2, 0.25) is 0 Å². The average Bonchev–Trinajstić information content (AvgIpc) is 2.28. The van der Waals surface area contributed by atoms with Crippen molar-refractivity contribution >= 4 is 0 Å². The minimum atomic E-state index is -0.572. The van der Waals surface area contributed by atoms with Gasteiger partial charge in [-0.2, -0.15) is 0 Å². The van der Waals surface area contributed by atoms with Crippen molar-refractivity contribution in [2.45, 2.75) is 13.3 Å². The Labute approximate surface area is 87.7 Å². The van der Waals surface area contributed by atoms with Crippen molar-refractivity contribution in [3.63, 3.8) is 0 Å². The van der Waals surface area contributed by atoms with Gasteiger partial charge in [-0.3, -0.25) is 4.84 Å². The third kappa shape index (κ3) is 2.57. The second kappa shape index (κ2) is 5.53. The Kier molecular flexibility index (Phi) is 4.33. The highest BCUT2D eigenvalue weighted by Crippen LogP contribution is 2.33. The van der Waals surface area contributed by atoms with Crippen LogP contribution >= 0.6 is 0 Å². The second-order valence-corrected chi connectivity index (χ2v) is 2.94. The third-order valence-electron chi connectivity index (χ3n) is 2.01. The molecule has 1 aromatic rings. The maximum Gasteiger partial charge on any atom is 0.166 e. The molecule has 0 unspecified atom stereocenters. The summed E-state index contributed by atoms with van der Waals surface area (Å²) in [5, 5.41) is 0. The molecule has 84 valence electrons. The van der Waals surface area contributed by atoms with Gasteiger partial charge in [-0.15, -0.1) is 0 Å². The number of hydrogen-bond acceptors (Lipinski definition) is 4. The molecule has 0 aliphatic heterocycles. The Morgan fingerprint density at radius 1 is 1.27 bits per heavy atom. The summed E-state index contributed by atoms with van der Waals surface area (Å²) in [5.41, 5.74) is 1.16. The van der Waals surface area contributed by atoms with Crippen LogP contribution in [0.1, 0.15) is 11.1 Å². The van der Waals surface area contributed by atoms with Crippen LogP contribution in [0.5, 0.6) is 11.5 Å². The minimum absolute atomic E-state index is 0.146. The molecule has 0 amide bonds. The molecule has 0 fully saturated rings. The fourth-order valence-corrected chi connectivity index (χ4v) is 1.38. The molecule has 4 nitrogen and oxygen atoms in total. The molecule has 0 aliphatic rings. The van der Waals surface area contributed by atoms with Gasteiger partial charge in [-0.25, -0.2) is 10.3 Å². The summed E-state index contributed by atoms with van der Waals surface area (Å²) in [4.78, 5) is 4.51. The zero-order valence-corrected chi connectivity index (χ0v) is 8.75. The van der Waals surface area contributed by atoms with E-state index in [0.29, 0.717) is 22.6 Å². The quantitative estimate of drug-likeness (QED) is 0.757. The van der Waals surface area contributed by atoms with E-state index in [1.165, 1.54) is 14.2 Å². The van der Waals surface area contributed by atoms with E-state index in [0.717, 1.165) is 0 Å². The van der Waals surface area contributed by atoms with Gasteiger partial charge in [0.25, 0.3) is 0 Å². The number of hydrogen-bond donors (Lipinski definition) is 1. The van der Waals surface area contributed by atoms with Crippen LogP contribution in [0.4, 0.5) is 4.39 Å². The fourth-order valence-electron chi connectivity index (χ4n) is 1.38. The fraction of sp³-hybridized carbons (Fsp3) is 0.400. The molecule has 15 heavy (non-hydrogen) atoms. The van der Waals surface area contributed by atoms with Crippen LogP contribution in [0.3, 0.4) is 0 Å². The smallest absolute Gasteiger partial charge is 0.166 e. The summed E-state index contributed by atoms with van der Waals surface area (Å²) in [5.74, 6) is 5.96. The maximum absolute atomic E-state index is 12.5. The number of rotatable bonds is 5. The highest BCUT2D eigenvalue weighted by molar-refractivity contribution is 5.49. The van der Waals surface area contributed by atoms with Crippen molar-refractivity contribution in [3.05, 3.63) is 23.3 Å². The van der Waals surface area contributed by atoms with Crippen molar-refractivity contribution in [1.29, 1.82) is 0 Å². The first-order valence-electron chi connectivity index (χ1n) is 4.38. The summed E-state index contributed by atoms with van der Waals surface area (Å²) in [7, 11) is 3.00. The molecule has 0 saturated heterocycles. The number of alkyl halides is 1. The highest BCUT2D eigenvalue weighted by atomic mass is 19.1. The number of ether oxygens (including phenoxy) is 2. The van der Waals surface area contributed by atoms with E-state index in [4.69, 9.17) is 15.4 Å². The second-order valence-electron chi connectivity index (χ2n) is 2.94. The lowest BCUT2D eigenvalue weighted by Gasteiger charge is -2.13. The summed E-state index contributed by atoms with van der Waals surface area (Å²) in [6.07, 6.45) is 0. The van der Waals surface area contributed by atoms with E-state index < -0.39 is 6.67 Å². The van der Waals surface area contributed by atoms with Crippen LogP contribution in [-0.4, -0.2) is 14.2 Å². The number of halogens is 1. The van der Waals surface area contributed by atoms with Gasteiger partial charge in [-0.1, -0.05) is 0 Å². The molecule has 0 aliphatic carbocycles.